The number of carbonyl (C=O) groups excluding carboxylic acids is 1. The Balaban J connectivity index is 1.58. The van der Waals surface area contributed by atoms with E-state index in [0.717, 1.165) is 42.5 Å². The van der Waals surface area contributed by atoms with E-state index in [1.807, 2.05) is 18.2 Å². The van der Waals surface area contributed by atoms with Crippen LogP contribution in [-0.2, 0) is 25.8 Å². The zero-order chi connectivity index (χ0) is 20.2. The molecule has 2 aromatic carbocycles. The summed E-state index contributed by atoms with van der Waals surface area (Å²) in [6, 6.07) is 16.8. The molecule has 150 valence electrons. The third kappa shape index (κ3) is 4.26. The number of hydrogen-bond acceptors (Lipinski definition) is 1. The lowest BCUT2D eigenvalue weighted by Gasteiger charge is -2.17. The Morgan fingerprint density at radius 2 is 1.72 bits per heavy atom. The zero-order valence-corrected chi connectivity index (χ0v) is 16.9. The van der Waals surface area contributed by atoms with Gasteiger partial charge in [0.05, 0.1) is 0 Å². The summed E-state index contributed by atoms with van der Waals surface area (Å²) in [6.45, 7) is 3.27. The van der Waals surface area contributed by atoms with Crippen molar-refractivity contribution in [3.05, 3.63) is 94.1 Å². The molecule has 1 heterocycles. The fourth-order valence-electron chi connectivity index (χ4n) is 4.36. The van der Waals surface area contributed by atoms with Crippen molar-refractivity contribution in [1.82, 2.24) is 9.88 Å². The first-order valence-electron chi connectivity index (χ1n) is 10.4. The largest absolute Gasteiger partial charge is 0.350 e. The van der Waals surface area contributed by atoms with Crippen LogP contribution in [0, 0.1) is 12.7 Å². The lowest BCUT2D eigenvalue weighted by molar-refractivity contribution is 0.0944. The molecule has 1 aromatic heterocycles. The molecule has 0 atom stereocenters. The Bertz CT molecular complexity index is 990. The van der Waals surface area contributed by atoms with E-state index in [2.05, 4.69) is 28.9 Å². The highest BCUT2D eigenvalue weighted by atomic mass is 19.1. The standard InChI is InChI=1S/C25H27FN2O/c1-18-22-9-5-6-10-23(22)28(17-20-11-13-21(26)14-12-20)24(18)25(29)27-16-15-19-7-3-2-4-8-19/h2-4,7-8,11-14H,5-6,9-10,15-17H2,1H3,(H,27,29). The van der Waals surface area contributed by atoms with Crippen LogP contribution in [0.15, 0.2) is 54.6 Å². The molecule has 0 bridgehead atoms. The van der Waals surface area contributed by atoms with E-state index in [-0.39, 0.29) is 11.7 Å². The number of nitrogens with zero attached hydrogens (tertiary/aromatic N) is 1. The SMILES string of the molecule is Cc1c2c(n(Cc3ccc(F)cc3)c1C(=O)NCCc1ccccc1)CCCC2. The summed E-state index contributed by atoms with van der Waals surface area (Å²) in [5.41, 5.74) is 6.67. The van der Waals surface area contributed by atoms with Crippen molar-refractivity contribution < 1.29 is 9.18 Å². The molecule has 0 saturated carbocycles. The summed E-state index contributed by atoms with van der Waals surface area (Å²) in [6.07, 6.45) is 5.15. The Kier molecular flexibility index (Phi) is 5.79. The van der Waals surface area contributed by atoms with Crippen molar-refractivity contribution >= 4 is 5.91 Å². The van der Waals surface area contributed by atoms with Crippen LogP contribution < -0.4 is 5.32 Å². The summed E-state index contributed by atoms with van der Waals surface area (Å²) in [5.74, 6) is -0.256. The molecule has 4 heteroatoms. The Labute approximate surface area is 171 Å². The van der Waals surface area contributed by atoms with E-state index in [1.165, 1.54) is 35.4 Å². The molecule has 3 nitrogen and oxygen atoms in total. The second kappa shape index (κ2) is 8.64. The second-order valence-electron chi connectivity index (χ2n) is 7.81. The number of hydrogen-bond donors (Lipinski definition) is 1. The minimum atomic E-state index is -0.238. The molecule has 0 spiro atoms. The molecule has 1 amide bonds. The average Bonchev–Trinajstić information content (AvgIpc) is 3.02. The van der Waals surface area contributed by atoms with Crippen LogP contribution in [0.1, 0.15) is 51.3 Å². The van der Waals surface area contributed by atoms with E-state index in [0.29, 0.717) is 13.1 Å². The van der Waals surface area contributed by atoms with E-state index in [9.17, 15) is 9.18 Å². The van der Waals surface area contributed by atoms with Crippen molar-refractivity contribution in [3.8, 4) is 0 Å². The second-order valence-corrected chi connectivity index (χ2v) is 7.81. The zero-order valence-electron chi connectivity index (χ0n) is 16.9. The summed E-state index contributed by atoms with van der Waals surface area (Å²) < 4.78 is 15.5. The number of rotatable bonds is 6. The highest BCUT2D eigenvalue weighted by Crippen LogP contribution is 2.30. The average molecular weight is 391 g/mol. The van der Waals surface area contributed by atoms with Crippen LogP contribution in [0.3, 0.4) is 0 Å². The maximum atomic E-state index is 13.3. The minimum absolute atomic E-state index is 0.0186. The van der Waals surface area contributed by atoms with Crippen molar-refractivity contribution in [2.24, 2.45) is 0 Å². The molecule has 4 rings (SSSR count). The van der Waals surface area contributed by atoms with Crippen LogP contribution in [0.5, 0.6) is 0 Å². The van der Waals surface area contributed by atoms with Gasteiger partial charge in [-0.1, -0.05) is 42.5 Å². The summed E-state index contributed by atoms with van der Waals surface area (Å²) in [7, 11) is 0. The van der Waals surface area contributed by atoms with Crippen molar-refractivity contribution in [2.45, 2.75) is 45.6 Å². The third-order valence-electron chi connectivity index (χ3n) is 5.85. The molecule has 29 heavy (non-hydrogen) atoms. The van der Waals surface area contributed by atoms with Gasteiger partial charge in [-0.25, -0.2) is 4.39 Å². The van der Waals surface area contributed by atoms with Gasteiger partial charge in [0.15, 0.2) is 0 Å². The highest BCUT2D eigenvalue weighted by Gasteiger charge is 2.26. The van der Waals surface area contributed by atoms with Gasteiger partial charge in [0, 0.05) is 18.8 Å². The number of amides is 1. The first-order valence-corrected chi connectivity index (χ1v) is 10.4. The van der Waals surface area contributed by atoms with Crippen LogP contribution >= 0.6 is 0 Å². The van der Waals surface area contributed by atoms with Gasteiger partial charge in [0.2, 0.25) is 0 Å². The first-order chi connectivity index (χ1) is 14.1. The van der Waals surface area contributed by atoms with E-state index in [1.54, 1.807) is 12.1 Å². The Morgan fingerprint density at radius 1 is 1.00 bits per heavy atom. The molecule has 1 aliphatic carbocycles. The third-order valence-corrected chi connectivity index (χ3v) is 5.85. The smallest absolute Gasteiger partial charge is 0.268 e. The number of fused-ring (bicyclic) bond motifs is 1. The predicted octanol–water partition coefficient (Wildman–Crippen LogP) is 4.84. The van der Waals surface area contributed by atoms with E-state index in [4.69, 9.17) is 0 Å². The topological polar surface area (TPSA) is 34.0 Å². The maximum Gasteiger partial charge on any atom is 0.268 e. The van der Waals surface area contributed by atoms with Gasteiger partial charge in [0.1, 0.15) is 11.5 Å². The normalized spacial score (nSPS) is 13.2. The number of aromatic nitrogens is 1. The van der Waals surface area contributed by atoms with Gasteiger partial charge in [-0.05, 0) is 73.4 Å². The van der Waals surface area contributed by atoms with Gasteiger partial charge in [-0.3, -0.25) is 4.79 Å². The van der Waals surface area contributed by atoms with Gasteiger partial charge < -0.3 is 9.88 Å². The summed E-state index contributed by atoms with van der Waals surface area (Å²) in [4.78, 5) is 13.1. The van der Waals surface area contributed by atoms with Gasteiger partial charge in [0.25, 0.3) is 5.91 Å². The van der Waals surface area contributed by atoms with Crippen LogP contribution in [0.25, 0.3) is 0 Å². The molecular weight excluding hydrogens is 363 g/mol. The molecule has 0 unspecified atom stereocenters. The van der Waals surface area contributed by atoms with Gasteiger partial charge in [-0.2, -0.15) is 0 Å². The lowest BCUT2D eigenvalue weighted by atomic mass is 9.95. The molecule has 0 fully saturated rings. The maximum absolute atomic E-state index is 13.3. The monoisotopic (exact) mass is 390 g/mol. The molecule has 3 aromatic rings. The molecule has 0 saturated heterocycles. The minimum Gasteiger partial charge on any atom is -0.350 e. The van der Waals surface area contributed by atoms with Crippen LogP contribution in [0.4, 0.5) is 4.39 Å². The molecular formula is C25H27FN2O. The molecule has 0 radical (unpaired) electrons. The quantitative estimate of drug-likeness (QED) is 0.642. The fourth-order valence-corrected chi connectivity index (χ4v) is 4.36. The number of benzene rings is 2. The Hall–Kier alpha value is -2.88. The highest BCUT2D eigenvalue weighted by molar-refractivity contribution is 5.95. The van der Waals surface area contributed by atoms with Gasteiger partial charge >= 0.3 is 0 Å². The molecule has 1 aliphatic rings. The van der Waals surface area contributed by atoms with Crippen molar-refractivity contribution in [1.29, 1.82) is 0 Å². The van der Waals surface area contributed by atoms with E-state index < -0.39 is 0 Å². The predicted molar refractivity (Wildman–Crippen MR) is 114 cm³/mol. The van der Waals surface area contributed by atoms with Gasteiger partial charge in [-0.15, -0.1) is 0 Å². The summed E-state index contributed by atoms with van der Waals surface area (Å²) >= 11 is 0. The van der Waals surface area contributed by atoms with E-state index >= 15 is 0 Å². The molecule has 0 aliphatic heterocycles. The molecule has 1 N–H and O–H groups in total. The van der Waals surface area contributed by atoms with Crippen LogP contribution in [0.2, 0.25) is 0 Å². The first kappa shape index (κ1) is 19.4. The van der Waals surface area contributed by atoms with Crippen molar-refractivity contribution in [2.75, 3.05) is 6.54 Å². The Morgan fingerprint density at radius 3 is 2.48 bits per heavy atom. The number of carbonyl (C=O) groups is 1. The summed E-state index contributed by atoms with van der Waals surface area (Å²) in [5, 5.41) is 3.11. The lowest BCUT2D eigenvalue weighted by Crippen LogP contribution is -2.29. The van der Waals surface area contributed by atoms with Crippen molar-refractivity contribution in [3.63, 3.8) is 0 Å². The number of halogens is 1. The number of nitrogens with one attached hydrogen (secondary N) is 1. The fraction of sp³-hybridized carbons (Fsp3) is 0.320. The van der Waals surface area contributed by atoms with Crippen LogP contribution in [-0.4, -0.2) is 17.0 Å².